The summed E-state index contributed by atoms with van der Waals surface area (Å²) in [5.74, 6) is 0.167. The van der Waals surface area contributed by atoms with E-state index in [2.05, 4.69) is 91.4 Å². The monoisotopic (exact) mass is 690 g/mol. The fourth-order valence-electron chi connectivity index (χ4n) is 8.04. The van der Waals surface area contributed by atoms with E-state index in [0.717, 1.165) is 25.7 Å². The van der Waals surface area contributed by atoms with Gasteiger partial charge in [0.2, 0.25) is 0 Å². The first-order valence-electron chi connectivity index (χ1n) is 18.0. The van der Waals surface area contributed by atoms with E-state index >= 15 is 0 Å². The van der Waals surface area contributed by atoms with Gasteiger partial charge in [0.15, 0.2) is 0 Å². The summed E-state index contributed by atoms with van der Waals surface area (Å²) >= 11 is 0. The van der Waals surface area contributed by atoms with E-state index < -0.39 is 27.1 Å². The van der Waals surface area contributed by atoms with Crippen molar-refractivity contribution in [1.29, 1.82) is 5.26 Å². The molecular weight excluding hydrogens is 628 g/mol. The van der Waals surface area contributed by atoms with Crippen molar-refractivity contribution in [3.05, 3.63) is 48.3 Å². The topological polar surface area (TPSA) is 123 Å². The highest BCUT2D eigenvalue weighted by Gasteiger charge is 2.63. The van der Waals surface area contributed by atoms with Gasteiger partial charge in [0, 0.05) is 0 Å². The molecule has 0 aliphatic heterocycles. The Balaban J connectivity index is 2.27. The number of aromatic nitrogens is 1. The maximum atomic E-state index is 14.2. The number of hydrogen-bond acceptors (Lipinski definition) is 9. The fraction of sp³-hybridized carbons (Fsp3) is 0.659. The second-order valence-electron chi connectivity index (χ2n) is 16.2. The number of hydrogen-bond donors (Lipinski definition) is 0. The summed E-state index contributed by atoms with van der Waals surface area (Å²) in [4.78, 5) is 32.1. The summed E-state index contributed by atoms with van der Waals surface area (Å²) in [5, 5.41) is 17.3. The molecule has 0 aliphatic rings. The van der Waals surface area contributed by atoms with Gasteiger partial charge in [-0.25, -0.2) is 4.98 Å². The number of methoxy groups -OCH3 is 1. The van der Waals surface area contributed by atoms with E-state index in [-0.39, 0.29) is 30.6 Å². The standard InChI is InChI=1S/C41H62N4O5/c1-14-37(8,9)28-40(12,34(46)48-13)41(16-3,17-4)38(10,15-2)29-39(11,36(5,6)7)35(47)50-25-24-49-33-22-20-30(21-23-33)44-45-32-19-18-31(26-42)43-27-32/h18-23,27H,14-17,24-25,28-29H2,1-13H3/b45-44+. The largest absolute Gasteiger partial charge is 0.490 e. The van der Waals surface area contributed by atoms with Crippen LogP contribution in [0.25, 0.3) is 0 Å². The van der Waals surface area contributed by atoms with Crippen LogP contribution in [0.15, 0.2) is 52.8 Å². The lowest BCUT2D eigenvalue weighted by atomic mass is 9.42. The number of esters is 2. The number of rotatable bonds is 18. The van der Waals surface area contributed by atoms with Gasteiger partial charge in [0.1, 0.15) is 36.4 Å². The fourth-order valence-corrected chi connectivity index (χ4v) is 8.04. The molecule has 3 atom stereocenters. The van der Waals surface area contributed by atoms with Crippen LogP contribution in [-0.2, 0) is 19.1 Å². The first-order valence-corrected chi connectivity index (χ1v) is 18.0. The maximum absolute atomic E-state index is 14.2. The quantitative estimate of drug-likeness (QED) is 0.0866. The lowest BCUT2D eigenvalue weighted by molar-refractivity contribution is -0.189. The number of ether oxygens (including phenoxy) is 3. The summed E-state index contributed by atoms with van der Waals surface area (Å²) in [5.41, 5.74) is -1.51. The predicted octanol–water partition coefficient (Wildman–Crippen LogP) is 11.0. The molecule has 9 heteroatoms. The zero-order chi connectivity index (χ0) is 38.0. The van der Waals surface area contributed by atoms with Crippen LogP contribution in [0.4, 0.5) is 11.4 Å². The van der Waals surface area contributed by atoms with E-state index in [1.54, 1.807) is 36.4 Å². The molecule has 0 aliphatic carbocycles. The first kappa shape index (κ1) is 42.4. The zero-order valence-corrected chi connectivity index (χ0v) is 33.0. The van der Waals surface area contributed by atoms with Crippen molar-refractivity contribution in [1.82, 2.24) is 4.98 Å². The van der Waals surface area contributed by atoms with E-state index in [0.29, 0.717) is 35.7 Å². The highest BCUT2D eigenvalue weighted by Crippen LogP contribution is 2.66. The zero-order valence-electron chi connectivity index (χ0n) is 33.0. The van der Waals surface area contributed by atoms with Gasteiger partial charge in [-0.3, -0.25) is 9.59 Å². The van der Waals surface area contributed by atoms with Crippen LogP contribution in [0, 0.1) is 43.8 Å². The van der Waals surface area contributed by atoms with Crippen molar-refractivity contribution in [2.24, 2.45) is 42.7 Å². The van der Waals surface area contributed by atoms with E-state index in [1.807, 2.05) is 13.0 Å². The Kier molecular flexibility index (Phi) is 14.4. The predicted molar refractivity (Wildman–Crippen MR) is 198 cm³/mol. The molecule has 0 radical (unpaired) electrons. The van der Waals surface area contributed by atoms with E-state index in [4.69, 9.17) is 19.5 Å². The Morgan fingerprint density at radius 2 is 1.32 bits per heavy atom. The first-order chi connectivity index (χ1) is 23.3. The minimum Gasteiger partial charge on any atom is -0.490 e. The molecule has 0 N–H and O–H groups in total. The highest BCUT2D eigenvalue weighted by atomic mass is 16.6. The minimum atomic E-state index is -0.859. The Labute approximate surface area is 301 Å². The number of nitrogens with zero attached hydrogens (tertiary/aromatic N) is 4. The number of carbonyl (C=O) groups excluding carboxylic acids is 2. The van der Waals surface area contributed by atoms with Crippen LogP contribution in [0.5, 0.6) is 5.75 Å². The van der Waals surface area contributed by atoms with Crippen molar-refractivity contribution in [2.45, 2.75) is 122 Å². The molecule has 0 saturated heterocycles. The van der Waals surface area contributed by atoms with Crippen LogP contribution in [0.1, 0.15) is 127 Å². The lowest BCUT2D eigenvalue weighted by Gasteiger charge is -2.60. The molecule has 0 saturated carbocycles. The van der Waals surface area contributed by atoms with Gasteiger partial charge in [-0.2, -0.15) is 10.4 Å². The van der Waals surface area contributed by atoms with Gasteiger partial charge in [-0.1, -0.05) is 82.1 Å². The normalized spacial score (nSPS) is 16.1. The maximum Gasteiger partial charge on any atom is 0.312 e. The number of nitriles is 1. The van der Waals surface area contributed by atoms with Crippen LogP contribution >= 0.6 is 0 Å². The van der Waals surface area contributed by atoms with Crippen molar-refractivity contribution in [3.8, 4) is 11.8 Å². The SMILES string of the molecule is CCC(C)(C)CC(C)(C(=O)OC)C(CC)(CC)C(C)(CC)CC(C)(C(=O)OCCOc1ccc(/N=N/c2ccc(C#N)nc2)cc1)C(C)(C)C. The third kappa shape index (κ3) is 9.10. The molecule has 0 fully saturated rings. The molecule has 0 spiro atoms. The summed E-state index contributed by atoms with van der Waals surface area (Å²) < 4.78 is 17.5. The molecule has 0 amide bonds. The average molecular weight is 691 g/mol. The molecule has 276 valence electrons. The van der Waals surface area contributed by atoms with Crippen LogP contribution in [0.2, 0.25) is 0 Å². The van der Waals surface area contributed by atoms with Crippen molar-refractivity contribution < 1.29 is 23.8 Å². The Morgan fingerprint density at radius 3 is 1.78 bits per heavy atom. The molecule has 0 bridgehead atoms. The molecule has 2 rings (SSSR count). The molecule has 1 aromatic carbocycles. The van der Waals surface area contributed by atoms with Gasteiger partial charge in [0.25, 0.3) is 0 Å². The second kappa shape index (κ2) is 16.9. The third-order valence-corrected chi connectivity index (χ3v) is 12.0. The summed E-state index contributed by atoms with van der Waals surface area (Å²) in [6, 6.07) is 12.4. The van der Waals surface area contributed by atoms with Gasteiger partial charge < -0.3 is 14.2 Å². The van der Waals surface area contributed by atoms with Crippen LogP contribution < -0.4 is 4.74 Å². The average Bonchev–Trinajstić information content (AvgIpc) is 3.09. The van der Waals surface area contributed by atoms with Crippen molar-refractivity contribution in [3.63, 3.8) is 0 Å². The van der Waals surface area contributed by atoms with E-state index in [1.165, 1.54) is 13.3 Å². The Bertz CT molecular complexity index is 1480. The molecule has 1 aromatic heterocycles. The molecule has 2 aromatic rings. The number of carbonyl (C=O) groups is 2. The third-order valence-electron chi connectivity index (χ3n) is 12.0. The minimum absolute atomic E-state index is 0.0757. The molecule has 3 unspecified atom stereocenters. The summed E-state index contributed by atoms with van der Waals surface area (Å²) in [6.45, 7) is 26.1. The summed E-state index contributed by atoms with van der Waals surface area (Å²) in [7, 11) is 1.49. The number of benzene rings is 1. The highest BCUT2D eigenvalue weighted by molar-refractivity contribution is 5.79. The van der Waals surface area contributed by atoms with Gasteiger partial charge in [-0.15, -0.1) is 5.11 Å². The lowest BCUT2D eigenvalue weighted by Crippen LogP contribution is -2.58. The Hall–Kier alpha value is -3.80. The second-order valence-corrected chi connectivity index (χ2v) is 16.2. The number of azo groups is 1. The number of pyridine rings is 1. The van der Waals surface area contributed by atoms with Gasteiger partial charge in [-0.05, 0) is 97.6 Å². The molecular formula is C41H62N4O5. The van der Waals surface area contributed by atoms with Crippen LogP contribution in [-0.4, -0.2) is 37.2 Å². The van der Waals surface area contributed by atoms with Crippen LogP contribution in [0.3, 0.4) is 0 Å². The molecule has 50 heavy (non-hydrogen) atoms. The molecule has 1 heterocycles. The molecule has 9 nitrogen and oxygen atoms in total. The van der Waals surface area contributed by atoms with Gasteiger partial charge >= 0.3 is 11.9 Å². The van der Waals surface area contributed by atoms with Crippen molar-refractivity contribution >= 4 is 23.3 Å². The Morgan fingerprint density at radius 1 is 0.740 bits per heavy atom. The van der Waals surface area contributed by atoms with Crippen molar-refractivity contribution in [2.75, 3.05) is 20.3 Å². The smallest absolute Gasteiger partial charge is 0.312 e. The van der Waals surface area contributed by atoms with E-state index in [9.17, 15) is 9.59 Å². The summed E-state index contributed by atoms with van der Waals surface area (Å²) in [6.07, 6.45) is 6.00. The van der Waals surface area contributed by atoms with Gasteiger partial charge in [0.05, 0.1) is 29.8 Å².